The number of carbonyl (C=O) groups is 1. The van der Waals surface area contributed by atoms with Gasteiger partial charge in [-0.2, -0.15) is 0 Å². The van der Waals surface area contributed by atoms with Crippen LogP contribution in [0.3, 0.4) is 0 Å². The Bertz CT molecular complexity index is 474. The molecule has 0 saturated carbocycles. The minimum absolute atomic E-state index is 0.172. The maximum atomic E-state index is 11.9. The van der Waals surface area contributed by atoms with Gasteiger partial charge in [-0.05, 0) is 45.4 Å². The lowest BCUT2D eigenvalue weighted by Crippen LogP contribution is -2.47. The molecule has 0 fully saturated rings. The lowest BCUT2D eigenvalue weighted by molar-refractivity contribution is -0.145. The zero-order valence-electron chi connectivity index (χ0n) is 12.6. The number of fused-ring (bicyclic) bond motifs is 1. The summed E-state index contributed by atoms with van der Waals surface area (Å²) >= 11 is 0. The molecule has 0 aromatic heterocycles. The molecule has 110 valence electrons. The van der Waals surface area contributed by atoms with E-state index in [2.05, 4.69) is 35.3 Å². The van der Waals surface area contributed by atoms with Crippen LogP contribution >= 0.6 is 0 Å². The quantitative estimate of drug-likeness (QED) is 0.834. The number of anilines is 1. The number of esters is 1. The van der Waals surface area contributed by atoms with Crippen LogP contribution < -0.4 is 10.2 Å². The Hall–Kier alpha value is -1.55. The summed E-state index contributed by atoms with van der Waals surface area (Å²) < 4.78 is 5.12. The highest BCUT2D eigenvalue weighted by Crippen LogP contribution is 2.28. The van der Waals surface area contributed by atoms with E-state index in [1.807, 2.05) is 14.0 Å². The molecule has 0 spiro atoms. The normalized spacial score (nSPS) is 15.7. The molecule has 1 aliphatic heterocycles. The molecule has 1 N–H and O–H groups in total. The highest BCUT2D eigenvalue weighted by molar-refractivity contribution is 5.77. The van der Waals surface area contributed by atoms with E-state index < -0.39 is 0 Å². The summed E-state index contributed by atoms with van der Waals surface area (Å²) in [6.07, 6.45) is 2.26. The number of likely N-dealkylation sites (N-methyl/N-ethyl adjacent to an activating group) is 1. The van der Waals surface area contributed by atoms with Crippen LogP contribution in [0.15, 0.2) is 18.2 Å². The second-order valence-electron chi connectivity index (χ2n) is 5.28. The van der Waals surface area contributed by atoms with Crippen LogP contribution in [0.4, 0.5) is 5.69 Å². The smallest absolute Gasteiger partial charge is 0.324 e. The summed E-state index contributed by atoms with van der Waals surface area (Å²) in [5, 5.41) is 3.06. The van der Waals surface area contributed by atoms with Crippen molar-refractivity contribution in [2.45, 2.75) is 32.7 Å². The van der Waals surface area contributed by atoms with E-state index in [-0.39, 0.29) is 12.0 Å². The van der Waals surface area contributed by atoms with Crippen LogP contribution in [-0.2, 0) is 16.0 Å². The van der Waals surface area contributed by atoms with Crippen molar-refractivity contribution in [3.63, 3.8) is 0 Å². The van der Waals surface area contributed by atoms with Crippen molar-refractivity contribution in [1.82, 2.24) is 5.32 Å². The van der Waals surface area contributed by atoms with Crippen molar-refractivity contribution >= 4 is 11.7 Å². The van der Waals surface area contributed by atoms with E-state index in [1.165, 1.54) is 16.8 Å². The summed E-state index contributed by atoms with van der Waals surface area (Å²) in [5.41, 5.74) is 3.93. The van der Waals surface area contributed by atoms with Crippen LogP contribution in [0.25, 0.3) is 0 Å². The Kier molecular flexibility index (Phi) is 5.01. The number of hydrogen-bond acceptors (Lipinski definition) is 4. The highest BCUT2D eigenvalue weighted by atomic mass is 16.5. The standard InChI is InChI=1S/C16H24N2O2/c1-4-20-16(19)14(17-3)11-18-9-5-6-13-10-12(2)7-8-15(13)18/h7-8,10,14,17H,4-6,9,11H2,1-3H3. The molecule has 1 aliphatic rings. The van der Waals surface area contributed by atoms with Gasteiger partial charge in [-0.3, -0.25) is 4.79 Å². The van der Waals surface area contributed by atoms with Gasteiger partial charge in [0.2, 0.25) is 0 Å². The number of carbonyl (C=O) groups excluding carboxylic acids is 1. The molecule has 4 nitrogen and oxygen atoms in total. The summed E-state index contributed by atoms with van der Waals surface area (Å²) in [4.78, 5) is 14.2. The first-order valence-electron chi connectivity index (χ1n) is 7.34. The molecule has 0 radical (unpaired) electrons. The maximum absolute atomic E-state index is 11.9. The molecule has 1 aromatic rings. The zero-order chi connectivity index (χ0) is 14.5. The second-order valence-corrected chi connectivity index (χ2v) is 5.28. The number of nitrogens with zero attached hydrogens (tertiary/aromatic N) is 1. The van der Waals surface area contributed by atoms with Gasteiger partial charge in [0, 0.05) is 18.8 Å². The van der Waals surface area contributed by atoms with Crippen LogP contribution in [0.1, 0.15) is 24.5 Å². The van der Waals surface area contributed by atoms with Gasteiger partial charge >= 0.3 is 5.97 Å². The minimum Gasteiger partial charge on any atom is -0.465 e. The van der Waals surface area contributed by atoms with E-state index in [0.717, 1.165) is 19.4 Å². The number of ether oxygens (including phenoxy) is 1. The molecule has 1 heterocycles. The Morgan fingerprint density at radius 1 is 1.50 bits per heavy atom. The van der Waals surface area contributed by atoms with Crippen molar-refractivity contribution in [2.24, 2.45) is 0 Å². The monoisotopic (exact) mass is 276 g/mol. The van der Waals surface area contributed by atoms with E-state index in [1.54, 1.807) is 0 Å². The van der Waals surface area contributed by atoms with Crippen molar-refractivity contribution in [3.8, 4) is 0 Å². The number of benzene rings is 1. The van der Waals surface area contributed by atoms with Crippen molar-refractivity contribution < 1.29 is 9.53 Å². The van der Waals surface area contributed by atoms with Crippen LogP contribution in [0, 0.1) is 6.92 Å². The van der Waals surface area contributed by atoms with Crippen LogP contribution in [0.5, 0.6) is 0 Å². The van der Waals surface area contributed by atoms with Crippen molar-refractivity contribution in [2.75, 3.05) is 31.6 Å². The van der Waals surface area contributed by atoms with Gasteiger partial charge in [0.25, 0.3) is 0 Å². The van der Waals surface area contributed by atoms with Crippen LogP contribution in [-0.4, -0.2) is 38.8 Å². The first-order chi connectivity index (χ1) is 9.65. The third-order valence-electron chi connectivity index (χ3n) is 3.77. The largest absolute Gasteiger partial charge is 0.465 e. The Morgan fingerprint density at radius 2 is 2.30 bits per heavy atom. The zero-order valence-corrected chi connectivity index (χ0v) is 12.6. The predicted molar refractivity (Wildman–Crippen MR) is 81.2 cm³/mol. The van der Waals surface area contributed by atoms with Gasteiger partial charge in [-0.1, -0.05) is 17.7 Å². The summed E-state index contributed by atoms with van der Waals surface area (Å²) in [6, 6.07) is 6.28. The lowest BCUT2D eigenvalue weighted by atomic mass is 9.99. The average Bonchev–Trinajstić information content (AvgIpc) is 2.44. The topological polar surface area (TPSA) is 41.6 Å². The summed E-state index contributed by atoms with van der Waals surface area (Å²) in [7, 11) is 1.81. The predicted octanol–water partition coefficient (Wildman–Crippen LogP) is 1.90. The summed E-state index contributed by atoms with van der Waals surface area (Å²) in [5.74, 6) is -0.172. The molecule has 1 aromatic carbocycles. The second kappa shape index (κ2) is 6.75. The summed E-state index contributed by atoms with van der Waals surface area (Å²) in [6.45, 7) is 6.03. The highest BCUT2D eigenvalue weighted by Gasteiger charge is 2.24. The fourth-order valence-electron chi connectivity index (χ4n) is 2.74. The molecule has 0 saturated heterocycles. The molecular formula is C16H24N2O2. The fraction of sp³-hybridized carbons (Fsp3) is 0.562. The third kappa shape index (κ3) is 3.31. The molecule has 0 amide bonds. The molecule has 1 atom stereocenters. The maximum Gasteiger partial charge on any atom is 0.324 e. The third-order valence-corrected chi connectivity index (χ3v) is 3.77. The van der Waals surface area contributed by atoms with Gasteiger partial charge < -0.3 is 15.0 Å². The average molecular weight is 276 g/mol. The number of nitrogens with one attached hydrogen (secondary N) is 1. The SMILES string of the molecule is CCOC(=O)C(CN1CCCc2cc(C)ccc21)NC. The molecule has 20 heavy (non-hydrogen) atoms. The Morgan fingerprint density at radius 3 is 3.00 bits per heavy atom. The minimum atomic E-state index is -0.276. The Labute approximate surface area is 121 Å². The molecular weight excluding hydrogens is 252 g/mol. The molecule has 2 rings (SSSR count). The first kappa shape index (κ1) is 14.9. The fourth-order valence-corrected chi connectivity index (χ4v) is 2.74. The first-order valence-corrected chi connectivity index (χ1v) is 7.34. The van der Waals surface area contributed by atoms with Gasteiger partial charge in [0.1, 0.15) is 6.04 Å². The Balaban J connectivity index is 2.12. The van der Waals surface area contributed by atoms with Crippen molar-refractivity contribution in [3.05, 3.63) is 29.3 Å². The van der Waals surface area contributed by atoms with Crippen LogP contribution in [0.2, 0.25) is 0 Å². The van der Waals surface area contributed by atoms with Crippen molar-refractivity contribution in [1.29, 1.82) is 0 Å². The molecule has 4 heteroatoms. The van der Waals surface area contributed by atoms with E-state index in [4.69, 9.17) is 4.74 Å². The lowest BCUT2D eigenvalue weighted by Gasteiger charge is -2.33. The van der Waals surface area contributed by atoms with Gasteiger partial charge in [0.15, 0.2) is 0 Å². The van der Waals surface area contributed by atoms with E-state index >= 15 is 0 Å². The van der Waals surface area contributed by atoms with Gasteiger partial charge in [0.05, 0.1) is 6.61 Å². The number of rotatable bonds is 5. The van der Waals surface area contributed by atoms with E-state index in [0.29, 0.717) is 13.2 Å². The molecule has 0 aliphatic carbocycles. The molecule has 1 unspecified atom stereocenters. The van der Waals surface area contributed by atoms with Gasteiger partial charge in [-0.15, -0.1) is 0 Å². The molecule has 0 bridgehead atoms. The van der Waals surface area contributed by atoms with Gasteiger partial charge in [-0.25, -0.2) is 0 Å². The number of aryl methyl sites for hydroxylation is 2. The number of hydrogen-bond donors (Lipinski definition) is 1. The van der Waals surface area contributed by atoms with E-state index in [9.17, 15) is 4.79 Å².